The molecule has 0 aromatic carbocycles. The van der Waals surface area contributed by atoms with E-state index in [1.807, 2.05) is 41.5 Å². The van der Waals surface area contributed by atoms with Crippen molar-refractivity contribution in [2.75, 3.05) is 13.2 Å². The van der Waals surface area contributed by atoms with Gasteiger partial charge in [0.05, 0.1) is 41.2 Å². The average Bonchev–Trinajstić information content (AvgIpc) is 2.40. The first kappa shape index (κ1) is 29.8. The molecule has 0 aliphatic rings. The Morgan fingerprint density at radius 3 is 0.867 bits per heavy atom. The van der Waals surface area contributed by atoms with Gasteiger partial charge in [0, 0.05) is 0 Å². The molecule has 30 heavy (non-hydrogen) atoms. The highest BCUT2D eigenvalue weighted by atomic mass is 16.6. The quantitative estimate of drug-likeness (QED) is 0.436. The Hall–Kier alpha value is -0.200. The van der Waals surface area contributed by atoms with Crippen molar-refractivity contribution in [3.8, 4) is 0 Å². The lowest BCUT2D eigenvalue weighted by Gasteiger charge is -2.43. The molecule has 0 aliphatic carbocycles. The molecule has 0 fully saturated rings. The van der Waals surface area contributed by atoms with Crippen LogP contribution in [0.3, 0.4) is 0 Å². The average molecular weight is 433 g/mol. The molecule has 0 aromatic heterocycles. The Morgan fingerprint density at radius 1 is 0.400 bits per heavy atom. The lowest BCUT2D eigenvalue weighted by molar-refractivity contribution is -0.245. The Labute approximate surface area is 187 Å². The van der Waals surface area contributed by atoms with Gasteiger partial charge in [0.2, 0.25) is 0 Å². The monoisotopic (exact) mass is 432 g/mol. The molecule has 2 unspecified atom stereocenters. The Balaban J connectivity index is 6.08. The third kappa shape index (κ3) is 16.5. The first-order valence-corrected chi connectivity index (χ1v) is 11.3. The van der Waals surface area contributed by atoms with Crippen molar-refractivity contribution in [3.05, 3.63) is 0 Å². The molecule has 0 radical (unpaired) electrons. The van der Waals surface area contributed by atoms with Crippen LogP contribution in [0.4, 0.5) is 0 Å². The molecule has 5 heteroatoms. The second kappa shape index (κ2) is 10.6. The largest absolute Gasteiger partial charge is 0.373 e. The highest BCUT2D eigenvalue weighted by molar-refractivity contribution is 4.87. The van der Waals surface area contributed by atoms with E-state index in [4.69, 9.17) is 23.7 Å². The summed E-state index contributed by atoms with van der Waals surface area (Å²) in [4.78, 5) is 0. The fourth-order valence-corrected chi connectivity index (χ4v) is 2.76. The molecule has 5 nitrogen and oxygen atoms in total. The van der Waals surface area contributed by atoms with Crippen molar-refractivity contribution in [2.45, 2.75) is 150 Å². The standard InChI is InChI=1S/C25H52O5/c1-21(2,3)26-16-18(28-23(7,8)9)20(30-25(13,14)15)19(29-24(10,11)12)17-27-22(4,5)6/h18-20H,16-17H2,1-15H3. The normalized spacial score (nSPS) is 17.7. The van der Waals surface area contributed by atoms with E-state index >= 15 is 0 Å². The maximum Gasteiger partial charge on any atom is 0.115 e. The molecular weight excluding hydrogens is 380 g/mol. The molecule has 0 amide bonds. The summed E-state index contributed by atoms with van der Waals surface area (Å²) >= 11 is 0. The topological polar surface area (TPSA) is 46.2 Å². The molecule has 0 heterocycles. The summed E-state index contributed by atoms with van der Waals surface area (Å²) in [6.07, 6.45) is -1.01. The van der Waals surface area contributed by atoms with E-state index in [0.717, 1.165) is 0 Å². The lowest BCUT2D eigenvalue weighted by Crippen LogP contribution is -2.54. The molecule has 0 rings (SSSR count). The van der Waals surface area contributed by atoms with E-state index < -0.39 is 0 Å². The van der Waals surface area contributed by atoms with Crippen LogP contribution in [0.2, 0.25) is 0 Å². The molecule has 0 saturated heterocycles. The molecule has 0 aliphatic heterocycles. The predicted octanol–water partition coefficient (Wildman–Crippen LogP) is 6.17. The fraction of sp³-hybridized carbons (Fsp3) is 1.00. The Morgan fingerprint density at radius 2 is 0.667 bits per heavy atom. The number of ether oxygens (including phenoxy) is 5. The summed E-state index contributed by atoms with van der Waals surface area (Å²) < 4.78 is 31.9. The summed E-state index contributed by atoms with van der Waals surface area (Å²) in [6.45, 7) is 31.6. The summed E-state index contributed by atoms with van der Waals surface area (Å²) in [5.41, 5.74) is -1.67. The third-order valence-corrected chi connectivity index (χ3v) is 3.59. The van der Waals surface area contributed by atoms with Gasteiger partial charge in [-0.3, -0.25) is 0 Å². The van der Waals surface area contributed by atoms with Crippen molar-refractivity contribution in [1.82, 2.24) is 0 Å². The van der Waals surface area contributed by atoms with Crippen molar-refractivity contribution < 1.29 is 23.7 Å². The van der Waals surface area contributed by atoms with Crippen molar-refractivity contribution >= 4 is 0 Å². The molecule has 182 valence electrons. The minimum atomic E-state index is -0.382. The Kier molecular flexibility index (Phi) is 10.5. The van der Waals surface area contributed by atoms with Crippen molar-refractivity contribution in [1.29, 1.82) is 0 Å². The van der Waals surface area contributed by atoms with E-state index in [0.29, 0.717) is 13.2 Å². The molecule has 2 atom stereocenters. The van der Waals surface area contributed by atoms with Gasteiger partial charge in [0.25, 0.3) is 0 Å². The van der Waals surface area contributed by atoms with Crippen LogP contribution >= 0.6 is 0 Å². The van der Waals surface area contributed by atoms with Gasteiger partial charge < -0.3 is 23.7 Å². The van der Waals surface area contributed by atoms with Gasteiger partial charge in [-0.05, 0) is 104 Å². The smallest absolute Gasteiger partial charge is 0.115 e. The second-order valence-electron chi connectivity index (χ2n) is 13.1. The highest BCUT2D eigenvalue weighted by Gasteiger charge is 2.40. The van der Waals surface area contributed by atoms with Crippen LogP contribution in [0, 0.1) is 0 Å². The number of rotatable bonds is 9. The third-order valence-electron chi connectivity index (χ3n) is 3.59. The van der Waals surface area contributed by atoms with E-state index in [2.05, 4.69) is 62.3 Å². The minimum Gasteiger partial charge on any atom is -0.373 e. The highest BCUT2D eigenvalue weighted by Crippen LogP contribution is 2.28. The summed E-state index contributed by atoms with van der Waals surface area (Å²) in [6, 6.07) is 0. The van der Waals surface area contributed by atoms with Crippen LogP contribution in [-0.2, 0) is 23.7 Å². The van der Waals surface area contributed by atoms with Gasteiger partial charge in [-0.1, -0.05) is 0 Å². The van der Waals surface area contributed by atoms with E-state index in [-0.39, 0.29) is 46.3 Å². The maximum absolute atomic E-state index is 6.57. The number of hydrogen-bond donors (Lipinski definition) is 0. The predicted molar refractivity (Wildman–Crippen MR) is 125 cm³/mol. The lowest BCUT2D eigenvalue weighted by atomic mass is 10.0. The van der Waals surface area contributed by atoms with Crippen LogP contribution in [0.1, 0.15) is 104 Å². The molecule has 0 saturated carbocycles. The van der Waals surface area contributed by atoms with Gasteiger partial charge in [0.15, 0.2) is 0 Å². The van der Waals surface area contributed by atoms with Crippen LogP contribution in [0.25, 0.3) is 0 Å². The molecule has 0 N–H and O–H groups in total. The Bertz CT molecular complexity index is 442. The van der Waals surface area contributed by atoms with Gasteiger partial charge in [-0.2, -0.15) is 0 Å². The first-order valence-electron chi connectivity index (χ1n) is 11.3. The van der Waals surface area contributed by atoms with E-state index in [9.17, 15) is 0 Å². The zero-order valence-electron chi connectivity index (χ0n) is 22.7. The number of hydrogen-bond acceptors (Lipinski definition) is 5. The summed E-state index contributed by atoms with van der Waals surface area (Å²) in [5, 5.41) is 0. The van der Waals surface area contributed by atoms with Crippen LogP contribution in [-0.4, -0.2) is 59.5 Å². The fourth-order valence-electron chi connectivity index (χ4n) is 2.76. The van der Waals surface area contributed by atoms with Gasteiger partial charge in [-0.25, -0.2) is 0 Å². The molecule has 0 aromatic rings. The first-order chi connectivity index (χ1) is 13.0. The minimum absolute atomic E-state index is 0.284. The SMILES string of the molecule is CC(C)(C)OCC(OC(C)(C)C)C(OC(C)(C)C)C(COC(C)(C)C)OC(C)(C)C. The molecule has 0 bridgehead atoms. The molecule has 0 spiro atoms. The zero-order valence-corrected chi connectivity index (χ0v) is 22.7. The summed E-state index contributed by atoms with van der Waals surface area (Å²) in [5.74, 6) is 0. The zero-order chi connectivity index (χ0) is 24.2. The maximum atomic E-state index is 6.57. The van der Waals surface area contributed by atoms with E-state index in [1.165, 1.54) is 0 Å². The van der Waals surface area contributed by atoms with Crippen LogP contribution in [0.15, 0.2) is 0 Å². The van der Waals surface area contributed by atoms with Gasteiger partial charge in [0.1, 0.15) is 18.3 Å². The van der Waals surface area contributed by atoms with Crippen LogP contribution in [0.5, 0.6) is 0 Å². The van der Waals surface area contributed by atoms with E-state index in [1.54, 1.807) is 0 Å². The second-order valence-corrected chi connectivity index (χ2v) is 13.1. The summed E-state index contributed by atoms with van der Waals surface area (Å²) in [7, 11) is 0. The molecular formula is C25H52O5. The van der Waals surface area contributed by atoms with Gasteiger partial charge >= 0.3 is 0 Å². The van der Waals surface area contributed by atoms with Crippen molar-refractivity contribution in [3.63, 3.8) is 0 Å². The van der Waals surface area contributed by atoms with Crippen LogP contribution < -0.4 is 0 Å². The van der Waals surface area contributed by atoms with Gasteiger partial charge in [-0.15, -0.1) is 0 Å². The van der Waals surface area contributed by atoms with Crippen molar-refractivity contribution in [2.24, 2.45) is 0 Å².